The Labute approximate surface area is 101 Å². The maximum absolute atomic E-state index is 10.2. The van der Waals surface area contributed by atoms with Crippen LogP contribution in [0.1, 0.15) is 28.9 Å². The van der Waals surface area contributed by atoms with E-state index in [1.807, 2.05) is 43.4 Å². The molecule has 2 rings (SSSR count). The Bertz CT molecular complexity index is 527. The summed E-state index contributed by atoms with van der Waals surface area (Å²) in [4.78, 5) is 4.16. The largest absolute Gasteiger partial charge is 0.385 e. The lowest BCUT2D eigenvalue weighted by Crippen LogP contribution is -2.09. The number of rotatable bonds is 3. The van der Waals surface area contributed by atoms with E-state index >= 15 is 0 Å². The van der Waals surface area contributed by atoms with Gasteiger partial charge in [-0.25, -0.2) is 4.98 Å². The zero-order chi connectivity index (χ0) is 12.6. The molecule has 5 heteroatoms. The van der Waals surface area contributed by atoms with E-state index in [1.165, 1.54) is 0 Å². The van der Waals surface area contributed by atoms with Crippen molar-refractivity contribution >= 4 is 0 Å². The van der Waals surface area contributed by atoms with Gasteiger partial charge in [0.05, 0.1) is 5.69 Å². The van der Waals surface area contributed by atoms with Gasteiger partial charge in [0.1, 0.15) is 11.9 Å². The highest BCUT2D eigenvalue weighted by Gasteiger charge is 2.18. The minimum absolute atomic E-state index is 0.552. The fourth-order valence-corrected chi connectivity index (χ4v) is 2.10. The second-order valence-corrected chi connectivity index (χ2v) is 4.39. The molecular formula is C12H18N4O. The van der Waals surface area contributed by atoms with Gasteiger partial charge in [0.15, 0.2) is 0 Å². The molecule has 92 valence electrons. The second-order valence-electron chi connectivity index (χ2n) is 4.39. The normalized spacial score (nSPS) is 13.0. The topological polar surface area (TPSA) is 55.9 Å². The van der Waals surface area contributed by atoms with E-state index in [9.17, 15) is 5.11 Å². The Morgan fingerprint density at radius 2 is 2.06 bits per heavy atom. The van der Waals surface area contributed by atoms with Gasteiger partial charge in [-0.05, 0) is 19.4 Å². The smallest absolute Gasteiger partial charge is 0.137 e. The van der Waals surface area contributed by atoms with E-state index in [-0.39, 0.29) is 0 Å². The number of aryl methyl sites for hydroxylation is 3. The summed E-state index contributed by atoms with van der Waals surface area (Å²) in [6.07, 6.45) is 3.50. The standard InChI is InChI=1S/C12H18N4O/c1-8-10(9(2)16(4)14-8)7-11(17)12-13-5-6-15(12)3/h5-6,11,17H,7H2,1-4H3. The van der Waals surface area contributed by atoms with Gasteiger partial charge in [-0.2, -0.15) is 5.10 Å². The molecule has 1 unspecified atom stereocenters. The molecule has 0 fully saturated rings. The number of imidazole rings is 1. The maximum atomic E-state index is 10.2. The lowest BCUT2D eigenvalue weighted by molar-refractivity contribution is 0.164. The molecule has 2 aromatic heterocycles. The van der Waals surface area contributed by atoms with Crippen LogP contribution in [-0.4, -0.2) is 24.4 Å². The first-order valence-electron chi connectivity index (χ1n) is 5.65. The van der Waals surface area contributed by atoms with Crippen LogP contribution in [-0.2, 0) is 20.5 Å². The third-order valence-electron chi connectivity index (χ3n) is 3.21. The van der Waals surface area contributed by atoms with Crippen LogP contribution in [0.3, 0.4) is 0 Å². The third-order valence-corrected chi connectivity index (χ3v) is 3.21. The van der Waals surface area contributed by atoms with E-state index in [2.05, 4.69) is 10.1 Å². The predicted molar refractivity (Wildman–Crippen MR) is 64.6 cm³/mol. The zero-order valence-corrected chi connectivity index (χ0v) is 10.7. The highest BCUT2D eigenvalue weighted by molar-refractivity contribution is 5.25. The zero-order valence-electron chi connectivity index (χ0n) is 10.7. The molecule has 1 N–H and O–H groups in total. The molecule has 0 aliphatic carbocycles. The average molecular weight is 234 g/mol. The summed E-state index contributed by atoms with van der Waals surface area (Å²) in [5.41, 5.74) is 3.16. The lowest BCUT2D eigenvalue weighted by Gasteiger charge is -2.10. The number of aromatic nitrogens is 4. The Kier molecular flexibility index (Phi) is 3.02. The van der Waals surface area contributed by atoms with Crippen LogP contribution in [0.4, 0.5) is 0 Å². The minimum Gasteiger partial charge on any atom is -0.385 e. The molecule has 0 aliphatic heterocycles. The van der Waals surface area contributed by atoms with Crippen LogP contribution in [0.25, 0.3) is 0 Å². The van der Waals surface area contributed by atoms with Crippen molar-refractivity contribution in [1.29, 1.82) is 0 Å². The number of aliphatic hydroxyl groups is 1. The SMILES string of the molecule is Cc1nn(C)c(C)c1CC(O)c1nccn1C. The Hall–Kier alpha value is -1.62. The van der Waals surface area contributed by atoms with Crippen molar-refractivity contribution in [2.75, 3.05) is 0 Å². The van der Waals surface area contributed by atoms with Crippen molar-refractivity contribution in [2.24, 2.45) is 14.1 Å². The molecule has 0 aromatic carbocycles. The highest BCUT2D eigenvalue weighted by Crippen LogP contribution is 2.20. The van der Waals surface area contributed by atoms with Crippen molar-refractivity contribution in [3.8, 4) is 0 Å². The molecule has 0 amide bonds. The van der Waals surface area contributed by atoms with Crippen molar-refractivity contribution < 1.29 is 5.11 Å². The van der Waals surface area contributed by atoms with E-state index in [0.717, 1.165) is 17.0 Å². The van der Waals surface area contributed by atoms with Gasteiger partial charge in [-0.1, -0.05) is 0 Å². The molecular weight excluding hydrogens is 216 g/mol. The van der Waals surface area contributed by atoms with Crippen molar-refractivity contribution in [3.63, 3.8) is 0 Å². The van der Waals surface area contributed by atoms with E-state index < -0.39 is 6.10 Å². The maximum Gasteiger partial charge on any atom is 0.137 e. The Balaban J connectivity index is 2.24. The lowest BCUT2D eigenvalue weighted by atomic mass is 10.1. The minimum atomic E-state index is -0.586. The number of nitrogens with zero attached hydrogens (tertiary/aromatic N) is 4. The predicted octanol–water partition coefficient (Wildman–Crippen LogP) is 1.05. The molecule has 0 saturated heterocycles. The number of hydrogen-bond acceptors (Lipinski definition) is 3. The van der Waals surface area contributed by atoms with Gasteiger partial charge in [0, 0.05) is 38.6 Å². The quantitative estimate of drug-likeness (QED) is 0.863. The molecule has 0 spiro atoms. The molecule has 17 heavy (non-hydrogen) atoms. The summed E-state index contributed by atoms with van der Waals surface area (Å²) in [5, 5.41) is 14.5. The first-order chi connectivity index (χ1) is 8.00. The van der Waals surface area contributed by atoms with Crippen LogP contribution in [0.5, 0.6) is 0 Å². The van der Waals surface area contributed by atoms with Crippen LogP contribution >= 0.6 is 0 Å². The van der Waals surface area contributed by atoms with Crippen LogP contribution in [0, 0.1) is 13.8 Å². The van der Waals surface area contributed by atoms with Gasteiger partial charge < -0.3 is 9.67 Å². The Morgan fingerprint density at radius 1 is 1.35 bits per heavy atom. The summed E-state index contributed by atoms with van der Waals surface area (Å²) in [7, 11) is 3.80. The first kappa shape index (κ1) is 11.9. The van der Waals surface area contributed by atoms with Crippen LogP contribution in [0.15, 0.2) is 12.4 Å². The van der Waals surface area contributed by atoms with Crippen molar-refractivity contribution in [3.05, 3.63) is 35.2 Å². The van der Waals surface area contributed by atoms with Gasteiger partial charge in [-0.15, -0.1) is 0 Å². The molecule has 2 heterocycles. The molecule has 0 bridgehead atoms. The monoisotopic (exact) mass is 234 g/mol. The third kappa shape index (κ3) is 2.10. The van der Waals surface area contributed by atoms with Gasteiger partial charge >= 0.3 is 0 Å². The summed E-state index contributed by atoms with van der Waals surface area (Å²) >= 11 is 0. The fourth-order valence-electron chi connectivity index (χ4n) is 2.10. The number of aliphatic hydroxyl groups excluding tert-OH is 1. The molecule has 1 atom stereocenters. The van der Waals surface area contributed by atoms with E-state index in [1.54, 1.807) is 6.20 Å². The van der Waals surface area contributed by atoms with Gasteiger partial charge in [0.25, 0.3) is 0 Å². The number of hydrogen-bond donors (Lipinski definition) is 1. The highest BCUT2D eigenvalue weighted by atomic mass is 16.3. The van der Waals surface area contributed by atoms with Crippen molar-refractivity contribution in [2.45, 2.75) is 26.4 Å². The Morgan fingerprint density at radius 3 is 2.53 bits per heavy atom. The van der Waals surface area contributed by atoms with E-state index in [4.69, 9.17) is 0 Å². The molecule has 0 aliphatic rings. The summed E-state index contributed by atoms with van der Waals surface area (Å²) in [5.74, 6) is 0.688. The van der Waals surface area contributed by atoms with Gasteiger partial charge in [0.2, 0.25) is 0 Å². The molecule has 2 aromatic rings. The molecule has 0 radical (unpaired) electrons. The van der Waals surface area contributed by atoms with Crippen LogP contribution in [0.2, 0.25) is 0 Å². The second kappa shape index (κ2) is 4.33. The summed E-state index contributed by atoms with van der Waals surface area (Å²) < 4.78 is 3.68. The van der Waals surface area contributed by atoms with Gasteiger partial charge in [-0.3, -0.25) is 4.68 Å². The molecule has 5 nitrogen and oxygen atoms in total. The fraction of sp³-hybridized carbons (Fsp3) is 0.500. The molecule has 0 saturated carbocycles. The summed E-state index contributed by atoms with van der Waals surface area (Å²) in [6.45, 7) is 3.98. The van der Waals surface area contributed by atoms with E-state index in [0.29, 0.717) is 12.2 Å². The average Bonchev–Trinajstić information content (AvgIpc) is 2.78. The first-order valence-corrected chi connectivity index (χ1v) is 5.65. The summed E-state index contributed by atoms with van der Waals surface area (Å²) in [6, 6.07) is 0. The van der Waals surface area contributed by atoms with Crippen LogP contribution < -0.4 is 0 Å². The van der Waals surface area contributed by atoms with Crippen molar-refractivity contribution in [1.82, 2.24) is 19.3 Å².